The maximum Gasteiger partial charge on any atom is 0.244 e. The molecule has 0 unspecified atom stereocenters. The lowest BCUT2D eigenvalue weighted by molar-refractivity contribution is 0.280. The van der Waals surface area contributed by atoms with E-state index in [1.54, 1.807) is 4.68 Å². The molecule has 1 aromatic heterocycles. The van der Waals surface area contributed by atoms with E-state index in [-0.39, 0.29) is 6.04 Å². The van der Waals surface area contributed by atoms with Crippen LogP contribution in [-0.4, -0.2) is 24.2 Å². The standard InChI is InChI=1S/C15H25N3O2S/c1-4-18-11(3)15(9-16-18)21(19,20)17-10(2)14-8-12-5-6-13(14)7-12/h9-10,12-14,17H,4-8H2,1-3H3/t10-,12-,13-,14+/m1/s1. The van der Waals surface area contributed by atoms with Crippen LogP contribution < -0.4 is 4.72 Å². The molecule has 118 valence electrons. The fourth-order valence-electron chi connectivity index (χ4n) is 4.31. The van der Waals surface area contributed by atoms with Gasteiger partial charge in [-0.3, -0.25) is 4.68 Å². The van der Waals surface area contributed by atoms with E-state index < -0.39 is 10.0 Å². The Kier molecular flexibility index (Phi) is 3.86. The van der Waals surface area contributed by atoms with Crippen molar-refractivity contribution in [1.82, 2.24) is 14.5 Å². The Morgan fingerprint density at radius 1 is 1.43 bits per heavy atom. The van der Waals surface area contributed by atoms with Crippen LogP contribution in [-0.2, 0) is 16.6 Å². The van der Waals surface area contributed by atoms with Crippen molar-refractivity contribution in [2.45, 2.75) is 63.9 Å². The van der Waals surface area contributed by atoms with Crippen LogP contribution >= 0.6 is 0 Å². The normalized spacial score (nSPS) is 30.0. The lowest BCUT2D eigenvalue weighted by Crippen LogP contribution is -2.40. The van der Waals surface area contributed by atoms with E-state index in [2.05, 4.69) is 9.82 Å². The van der Waals surface area contributed by atoms with Gasteiger partial charge in [0.15, 0.2) is 0 Å². The topological polar surface area (TPSA) is 64.0 Å². The van der Waals surface area contributed by atoms with Crippen LogP contribution in [0, 0.1) is 24.7 Å². The summed E-state index contributed by atoms with van der Waals surface area (Å²) in [4.78, 5) is 0.319. The number of rotatable bonds is 5. The molecule has 2 bridgehead atoms. The molecule has 2 saturated carbocycles. The van der Waals surface area contributed by atoms with Crippen molar-refractivity contribution in [1.29, 1.82) is 0 Å². The maximum atomic E-state index is 12.6. The number of aromatic nitrogens is 2. The Hall–Kier alpha value is -0.880. The summed E-state index contributed by atoms with van der Waals surface area (Å²) < 4.78 is 29.8. The fraction of sp³-hybridized carbons (Fsp3) is 0.800. The zero-order valence-corrected chi connectivity index (χ0v) is 13.9. The van der Waals surface area contributed by atoms with E-state index in [1.807, 2.05) is 20.8 Å². The number of fused-ring (bicyclic) bond motifs is 2. The summed E-state index contributed by atoms with van der Waals surface area (Å²) >= 11 is 0. The Labute approximate surface area is 127 Å². The largest absolute Gasteiger partial charge is 0.269 e. The van der Waals surface area contributed by atoms with Gasteiger partial charge in [0.2, 0.25) is 10.0 Å². The first-order valence-corrected chi connectivity index (χ1v) is 9.45. The van der Waals surface area contributed by atoms with Gasteiger partial charge >= 0.3 is 0 Å². The molecule has 4 atom stereocenters. The number of nitrogens with zero attached hydrogens (tertiary/aromatic N) is 2. The van der Waals surface area contributed by atoms with Crippen molar-refractivity contribution in [3.63, 3.8) is 0 Å². The summed E-state index contributed by atoms with van der Waals surface area (Å²) in [6.07, 6.45) is 6.55. The van der Waals surface area contributed by atoms with Gasteiger partial charge in [-0.2, -0.15) is 5.10 Å². The maximum absolute atomic E-state index is 12.6. The third kappa shape index (κ3) is 2.63. The molecule has 5 nitrogen and oxygen atoms in total. The van der Waals surface area contributed by atoms with E-state index in [1.165, 1.54) is 31.9 Å². The molecule has 2 aliphatic carbocycles. The highest BCUT2D eigenvalue weighted by Gasteiger charge is 2.42. The molecule has 1 heterocycles. The van der Waals surface area contributed by atoms with Gasteiger partial charge < -0.3 is 0 Å². The van der Waals surface area contributed by atoms with E-state index in [9.17, 15) is 8.42 Å². The fourth-order valence-corrected chi connectivity index (χ4v) is 5.79. The Bertz CT molecular complexity index is 623. The van der Waals surface area contributed by atoms with Gasteiger partial charge in [-0.25, -0.2) is 13.1 Å². The second kappa shape index (κ2) is 5.39. The number of hydrogen-bond donors (Lipinski definition) is 1. The van der Waals surface area contributed by atoms with E-state index in [4.69, 9.17) is 0 Å². The van der Waals surface area contributed by atoms with Crippen LogP contribution in [0.15, 0.2) is 11.1 Å². The van der Waals surface area contributed by atoms with Crippen molar-refractivity contribution >= 4 is 10.0 Å². The van der Waals surface area contributed by atoms with Crippen molar-refractivity contribution < 1.29 is 8.42 Å². The van der Waals surface area contributed by atoms with Crippen molar-refractivity contribution in [3.05, 3.63) is 11.9 Å². The van der Waals surface area contributed by atoms with Gasteiger partial charge in [-0.05, 0) is 57.8 Å². The van der Waals surface area contributed by atoms with Gasteiger partial charge in [0, 0.05) is 12.6 Å². The number of sulfonamides is 1. The van der Waals surface area contributed by atoms with E-state index >= 15 is 0 Å². The molecule has 0 aromatic carbocycles. The lowest BCUT2D eigenvalue weighted by Gasteiger charge is -2.28. The summed E-state index contributed by atoms with van der Waals surface area (Å²) in [5.74, 6) is 2.05. The first kappa shape index (κ1) is 15.0. The molecule has 2 fully saturated rings. The van der Waals surface area contributed by atoms with Gasteiger partial charge in [0.1, 0.15) is 4.90 Å². The second-order valence-electron chi connectivity index (χ2n) is 6.66. The van der Waals surface area contributed by atoms with Crippen molar-refractivity contribution in [2.24, 2.45) is 17.8 Å². The molecule has 0 aliphatic heterocycles. The van der Waals surface area contributed by atoms with Gasteiger partial charge in [-0.15, -0.1) is 0 Å². The third-order valence-electron chi connectivity index (χ3n) is 5.42. The molecule has 2 aliphatic rings. The van der Waals surface area contributed by atoms with E-state index in [0.717, 1.165) is 5.92 Å². The summed E-state index contributed by atoms with van der Waals surface area (Å²) in [6.45, 7) is 6.47. The molecule has 0 radical (unpaired) electrons. The number of nitrogens with one attached hydrogen (secondary N) is 1. The van der Waals surface area contributed by atoms with Gasteiger partial charge in [-0.1, -0.05) is 6.42 Å². The zero-order chi connectivity index (χ0) is 15.2. The van der Waals surface area contributed by atoms with E-state index in [0.29, 0.717) is 29.0 Å². The Morgan fingerprint density at radius 3 is 2.71 bits per heavy atom. The van der Waals surface area contributed by atoms with Gasteiger partial charge in [0.05, 0.1) is 11.9 Å². The first-order chi connectivity index (χ1) is 9.92. The molecule has 3 rings (SSSR count). The predicted molar refractivity (Wildman–Crippen MR) is 81.4 cm³/mol. The van der Waals surface area contributed by atoms with Crippen LogP contribution in [0.4, 0.5) is 0 Å². The molecule has 6 heteroatoms. The molecule has 0 amide bonds. The highest BCUT2D eigenvalue weighted by atomic mass is 32.2. The van der Waals surface area contributed by atoms with Crippen LogP contribution in [0.25, 0.3) is 0 Å². The third-order valence-corrected chi connectivity index (χ3v) is 7.09. The quantitative estimate of drug-likeness (QED) is 0.907. The molecular weight excluding hydrogens is 286 g/mol. The van der Waals surface area contributed by atoms with Crippen LogP contribution in [0.3, 0.4) is 0 Å². The summed E-state index contributed by atoms with van der Waals surface area (Å²) in [5.41, 5.74) is 0.713. The number of hydrogen-bond acceptors (Lipinski definition) is 3. The molecule has 0 saturated heterocycles. The molecule has 1 N–H and O–H groups in total. The minimum atomic E-state index is -3.47. The molecule has 1 aromatic rings. The summed E-state index contributed by atoms with van der Waals surface area (Å²) in [6, 6.07) is 0.00896. The lowest BCUT2D eigenvalue weighted by atomic mass is 9.84. The summed E-state index contributed by atoms with van der Waals surface area (Å²) in [5, 5.41) is 4.14. The minimum absolute atomic E-state index is 0.00896. The SMILES string of the molecule is CCn1ncc(S(=O)(=O)N[C@H](C)[C@@H]2C[C@@H]3CC[C@@H]2C3)c1C. The predicted octanol–water partition coefficient (Wildman–Crippen LogP) is 2.31. The first-order valence-electron chi connectivity index (χ1n) is 7.97. The Morgan fingerprint density at radius 2 is 2.19 bits per heavy atom. The Balaban J connectivity index is 1.75. The highest BCUT2D eigenvalue weighted by molar-refractivity contribution is 7.89. The molecular formula is C15H25N3O2S. The molecule has 0 spiro atoms. The average Bonchev–Trinajstić information content (AvgIpc) is 3.12. The van der Waals surface area contributed by atoms with Crippen LogP contribution in [0.5, 0.6) is 0 Å². The van der Waals surface area contributed by atoms with Crippen molar-refractivity contribution in [3.8, 4) is 0 Å². The van der Waals surface area contributed by atoms with Gasteiger partial charge in [0.25, 0.3) is 0 Å². The van der Waals surface area contributed by atoms with Crippen molar-refractivity contribution in [2.75, 3.05) is 0 Å². The minimum Gasteiger partial charge on any atom is -0.269 e. The van der Waals surface area contributed by atoms with Crippen LogP contribution in [0.2, 0.25) is 0 Å². The van der Waals surface area contributed by atoms with Crippen LogP contribution in [0.1, 0.15) is 45.2 Å². The number of aryl methyl sites for hydroxylation is 1. The highest BCUT2D eigenvalue weighted by Crippen LogP contribution is 2.49. The second-order valence-corrected chi connectivity index (χ2v) is 8.34. The smallest absolute Gasteiger partial charge is 0.244 e. The average molecular weight is 311 g/mol. The molecule has 21 heavy (non-hydrogen) atoms. The monoisotopic (exact) mass is 311 g/mol. The zero-order valence-electron chi connectivity index (χ0n) is 13.0. The summed E-state index contributed by atoms with van der Waals surface area (Å²) in [7, 11) is -3.47.